The lowest BCUT2D eigenvalue weighted by atomic mass is 9.96. The van der Waals surface area contributed by atoms with E-state index in [-0.39, 0.29) is 5.91 Å². The SMILES string of the molecule is CCC(CNC(=O)c1ccccc1CSc1ncn[nH]1)c1ccccc1. The summed E-state index contributed by atoms with van der Waals surface area (Å²) in [5.74, 6) is 0.943. The van der Waals surface area contributed by atoms with Crippen molar-refractivity contribution in [3.63, 3.8) is 0 Å². The summed E-state index contributed by atoms with van der Waals surface area (Å²) in [6.45, 7) is 2.77. The number of nitrogens with zero attached hydrogens (tertiary/aromatic N) is 2. The summed E-state index contributed by atoms with van der Waals surface area (Å²) < 4.78 is 0. The Morgan fingerprint density at radius 1 is 1.15 bits per heavy atom. The van der Waals surface area contributed by atoms with Gasteiger partial charge < -0.3 is 5.32 Å². The number of amides is 1. The molecule has 5 nitrogen and oxygen atoms in total. The van der Waals surface area contributed by atoms with Gasteiger partial charge in [0.25, 0.3) is 5.91 Å². The second-order valence-corrected chi connectivity index (χ2v) is 6.93. The zero-order chi connectivity index (χ0) is 18.2. The normalized spacial score (nSPS) is 11.9. The highest BCUT2D eigenvalue weighted by Gasteiger charge is 2.14. The molecule has 134 valence electrons. The first-order valence-corrected chi connectivity index (χ1v) is 9.65. The molecule has 2 aromatic carbocycles. The van der Waals surface area contributed by atoms with Crippen LogP contribution in [-0.2, 0) is 5.75 Å². The fraction of sp³-hybridized carbons (Fsp3) is 0.250. The Morgan fingerprint density at radius 2 is 1.92 bits per heavy atom. The molecule has 1 heterocycles. The van der Waals surface area contributed by atoms with Crippen LogP contribution in [0.25, 0.3) is 0 Å². The lowest BCUT2D eigenvalue weighted by molar-refractivity contribution is 0.0950. The molecular formula is C20H22N4OS. The van der Waals surface area contributed by atoms with Crippen molar-refractivity contribution < 1.29 is 4.79 Å². The van der Waals surface area contributed by atoms with Gasteiger partial charge in [-0.1, -0.05) is 67.2 Å². The van der Waals surface area contributed by atoms with Gasteiger partial charge in [-0.15, -0.1) is 0 Å². The molecule has 1 amide bonds. The van der Waals surface area contributed by atoms with E-state index in [9.17, 15) is 4.79 Å². The van der Waals surface area contributed by atoms with Crippen LogP contribution in [0.15, 0.2) is 66.1 Å². The maximum atomic E-state index is 12.7. The van der Waals surface area contributed by atoms with Crippen LogP contribution >= 0.6 is 11.8 Å². The number of benzene rings is 2. The summed E-state index contributed by atoms with van der Waals surface area (Å²) in [6, 6.07) is 18.0. The van der Waals surface area contributed by atoms with Gasteiger partial charge in [0.2, 0.25) is 0 Å². The number of aromatic amines is 1. The van der Waals surface area contributed by atoms with Crippen LogP contribution in [0.2, 0.25) is 0 Å². The Morgan fingerprint density at radius 3 is 2.65 bits per heavy atom. The molecular weight excluding hydrogens is 344 g/mol. The molecule has 2 N–H and O–H groups in total. The van der Waals surface area contributed by atoms with Crippen molar-refractivity contribution in [2.45, 2.75) is 30.2 Å². The third kappa shape index (κ3) is 4.73. The topological polar surface area (TPSA) is 70.7 Å². The average Bonchev–Trinajstić information content (AvgIpc) is 3.21. The van der Waals surface area contributed by atoms with E-state index in [1.54, 1.807) is 0 Å². The first kappa shape index (κ1) is 18.2. The summed E-state index contributed by atoms with van der Waals surface area (Å²) in [5, 5.41) is 10.5. The van der Waals surface area contributed by atoms with Crippen LogP contribution < -0.4 is 5.32 Å². The van der Waals surface area contributed by atoms with Crippen LogP contribution in [0.4, 0.5) is 0 Å². The lowest BCUT2D eigenvalue weighted by Gasteiger charge is -2.17. The molecule has 1 unspecified atom stereocenters. The van der Waals surface area contributed by atoms with E-state index in [1.807, 2.05) is 42.5 Å². The summed E-state index contributed by atoms with van der Waals surface area (Å²) in [7, 11) is 0. The Hall–Kier alpha value is -2.60. The van der Waals surface area contributed by atoms with Gasteiger partial charge in [0.05, 0.1) is 0 Å². The zero-order valence-electron chi connectivity index (χ0n) is 14.7. The van der Waals surface area contributed by atoms with E-state index in [4.69, 9.17) is 0 Å². The zero-order valence-corrected chi connectivity index (χ0v) is 15.5. The van der Waals surface area contributed by atoms with Gasteiger partial charge in [-0.05, 0) is 23.6 Å². The predicted octanol–water partition coefficient (Wildman–Crippen LogP) is 4.02. The Balaban J connectivity index is 1.64. The fourth-order valence-electron chi connectivity index (χ4n) is 2.81. The molecule has 1 atom stereocenters. The van der Waals surface area contributed by atoms with E-state index in [2.05, 4.69) is 39.6 Å². The van der Waals surface area contributed by atoms with E-state index < -0.39 is 0 Å². The number of hydrogen-bond donors (Lipinski definition) is 2. The van der Waals surface area contributed by atoms with Crippen molar-refractivity contribution in [2.75, 3.05) is 6.54 Å². The first-order chi connectivity index (χ1) is 12.8. The maximum absolute atomic E-state index is 12.7. The highest BCUT2D eigenvalue weighted by Crippen LogP contribution is 2.22. The van der Waals surface area contributed by atoms with Gasteiger partial charge in [0.15, 0.2) is 5.16 Å². The molecule has 6 heteroatoms. The third-order valence-electron chi connectivity index (χ3n) is 4.29. The second-order valence-electron chi connectivity index (χ2n) is 5.96. The summed E-state index contributed by atoms with van der Waals surface area (Å²) in [6.07, 6.45) is 2.46. The van der Waals surface area contributed by atoms with Crippen LogP contribution in [0.3, 0.4) is 0 Å². The van der Waals surface area contributed by atoms with Crippen LogP contribution in [0.5, 0.6) is 0 Å². The van der Waals surface area contributed by atoms with Gasteiger partial charge >= 0.3 is 0 Å². The summed E-state index contributed by atoms with van der Waals surface area (Å²) in [5.41, 5.74) is 2.95. The monoisotopic (exact) mass is 366 g/mol. The number of H-pyrrole nitrogens is 1. The molecule has 0 spiro atoms. The minimum Gasteiger partial charge on any atom is -0.351 e. The van der Waals surface area contributed by atoms with Gasteiger partial charge in [-0.3, -0.25) is 9.89 Å². The van der Waals surface area contributed by atoms with Gasteiger partial charge in [0, 0.05) is 23.8 Å². The molecule has 0 bridgehead atoms. The van der Waals surface area contributed by atoms with Crippen LogP contribution in [-0.4, -0.2) is 27.6 Å². The van der Waals surface area contributed by atoms with Crippen molar-refractivity contribution in [1.82, 2.24) is 20.5 Å². The Kier molecular flexibility index (Phi) is 6.44. The molecule has 0 saturated carbocycles. The highest BCUT2D eigenvalue weighted by molar-refractivity contribution is 7.98. The number of aromatic nitrogens is 3. The van der Waals surface area contributed by atoms with Gasteiger partial charge in [0.1, 0.15) is 6.33 Å². The van der Waals surface area contributed by atoms with Crippen LogP contribution in [0.1, 0.15) is 40.7 Å². The number of carbonyl (C=O) groups is 1. The number of thioether (sulfide) groups is 1. The maximum Gasteiger partial charge on any atom is 0.251 e. The molecule has 1 aromatic heterocycles. The lowest BCUT2D eigenvalue weighted by Crippen LogP contribution is -2.29. The van der Waals surface area contributed by atoms with E-state index >= 15 is 0 Å². The molecule has 0 aliphatic heterocycles. The summed E-state index contributed by atoms with van der Waals surface area (Å²) in [4.78, 5) is 16.8. The molecule has 0 aliphatic carbocycles. The van der Waals surface area contributed by atoms with E-state index in [0.29, 0.717) is 23.8 Å². The largest absolute Gasteiger partial charge is 0.351 e. The van der Waals surface area contributed by atoms with Crippen molar-refractivity contribution in [1.29, 1.82) is 0 Å². The molecule has 3 rings (SSSR count). The van der Waals surface area contributed by atoms with Crippen molar-refractivity contribution in [3.05, 3.63) is 77.6 Å². The number of hydrogen-bond acceptors (Lipinski definition) is 4. The van der Waals surface area contributed by atoms with Gasteiger partial charge in [-0.25, -0.2) is 4.98 Å². The van der Waals surface area contributed by atoms with E-state index in [1.165, 1.54) is 23.7 Å². The number of rotatable bonds is 8. The Bertz CT molecular complexity index is 821. The first-order valence-electron chi connectivity index (χ1n) is 8.67. The molecule has 0 radical (unpaired) electrons. The summed E-state index contributed by atoms with van der Waals surface area (Å²) >= 11 is 1.53. The predicted molar refractivity (Wildman–Crippen MR) is 104 cm³/mol. The fourth-order valence-corrected chi connectivity index (χ4v) is 3.59. The highest BCUT2D eigenvalue weighted by atomic mass is 32.2. The molecule has 0 saturated heterocycles. The smallest absolute Gasteiger partial charge is 0.251 e. The standard InChI is InChI=1S/C20H22N4OS/c1-2-15(16-8-4-3-5-9-16)12-21-19(25)18-11-7-6-10-17(18)13-26-20-22-14-23-24-20/h3-11,14-15H,2,12-13H2,1H3,(H,21,25)(H,22,23,24). The van der Waals surface area contributed by atoms with Crippen molar-refractivity contribution in [2.24, 2.45) is 0 Å². The quantitative estimate of drug-likeness (QED) is 0.591. The molecule has 0 fully saturated rings. The Labute approximate surface area is 157 Å². The van der Waals surface area contributed by atoms with Gasteiger partial charge in [-0.2, -0.15) is 5.10 Å². The molecule has 26 heavy (non-hydrogen) atoms. The van der Waals surface area contributed by atoms with Crippen LogP contribution in [0, 0.1) is 0 Å². The third-order valence-corrected chi connectivity index (χ3v) is 5.22. The number of carbonyl (C=O) groups excluding carboxylic acids is 1. The average molecular weight is 366 g/mol. The second kappa shape index (κ2) is 9.20. The van der Waals surface area contributed by atoms with E-state index in [0.717, 1.165) is 17.1 Å². The van der Waals surface area contributed by atoms with Crippen molar-refractivity contribution in [3.8, 4) is 0 Å². The number of nitrogens with one attached hydrogen (secondary N) is 2. The minimum absolute atomic E-state index is 0.0341. The minimum atomic E-state index is -0.0341. The molecule has 3 aromatic rings. The molecule has 0 aliphatic rings. The van der Waals surface area contributed by atoms with Crippen molar-refractivity contribution >= 4 is 17.7 Å².